The molecule has 3 atom stereocenters. The van der Waals surface area contributed by atoms with Gasteiger partial charge in [-0.25, -0.2) is 4.42 Å². The zero-order valence-electron chi connectivity index (χ0n) is 9.79. The van der Waals surface area contributed by atoms with Crippen LogP contribution in [0.2, 0.25) is 0 Å². The predicted molar refractivity (Wildman–Crippen MR) is 61.4 cm³/mol. The van der Waals surface area contributed by atoms with E-state index in [-0.39, 0.29) is 5.41 Å². The SMILES string of the molecule is CC1=CC2C(=[O+]1)C(C)(C)[C@H]1C=C[C@@H]2CC1. The standard InChI is InChI=1S/C14H19O/c1-9-8-12-10-4-6-11(7-5-10)14(2,3)13(12)15-9/h4,6,8,10-12H,5,7H2,1-3H3/q+1/t10-,11+,12?/m1/s1. The van der Waals surface area contributed by atoms with Gasteiger partial charge in [0.25, 0.3) is 0 Å². The van der Waals surface area contributed by atoms with Crippen molar-refractivity contribution >= 4 is 5.78 Å². The van der Waals surface area contributed by atoms with Crippen LogP contribution in [0.3, 0.4) is 0 Å². The van der Waals surface area contributed by atoms with E-state index in [0.29, 0.717) is 17.8 Å². The van der Waals surface area contributed by atoms with E-state index in [1.54, 1.807) is 0 Å². The summed E-state index contributed by atoms with van der Waals surface area (Å²) in [6.45, 7) is 6.75. The molecule has 1 unspecified atom stereocenters. The molecule has 15 heavy (non-hydrogen) atoms. The van der Waals surface area contributed by atoms with Gasteiger partial charge in [0.15, 0.2) is 0 Å². The zero-order chi connectivity index (χ0) is 10.6. The van der Waals surface area contributed by atoms with Crippen LogP contribution in [0.15, 0.2) is 24.0 Å². The van der Waals surface area contributed by atoms with Gasteiger partial charge in [0.05, 0.1) is 12.3 Å². The van der Waals surface area contributed by atoms with Gasteiger partial charge in [-0.2, -0.15) is 0 Å². The number of hydrogen-bond acceptors (Lipinski definition) is 0. The highest BCUT2D eigenvalue weighted by Crippen LogP contribution is 2.48. The highest BCUT2D eigenvalue weighted by Gasteiger charge is 2.54. The number of hydrogen-bond donors (Lipinski definition) is 0. The Morgan fingerprint density at radius 3 is 2.73 bits per heavy atom. The molecule has 1 fully saturated rings. The van der Waals surface area contributed by atoms with Crippen LogP contribution in [-0.2, 0) is 4.42 Å². The summed E-state index contributed by atoms with van der Waals surface area (Å²) in [6.07, 6.45) is 9.81. The predicted octanol–water partition coefficient (Wildman–Crippen LogP) is 3.25. The number of fused-ring (bicyclic) bond motifs is 1. The summed E-state index contributed by atoms with van der Waals surface area (Å²) in [5.41, 5.74) is 0.209. The van der Waals surface area contributed by atoms with Crippen LogP contribution in [0.5, 0.6) is 0 Å². The third kappa shape index (κ3) is 1.18. The van der Waals surface area contributed by atoms with Crippen LogP contribution in [-0.4, -0.2) is 5.78 Å². The Labute approximate surface area is 91.6 Å². The molecule has 1 saturated carbocycles. The van der Waals surface area contributed by atoms with Gasteiger partial charge < -0.3 is 0 Å². The molecule has 0 radical (unpaired) electrons. The minimum Gasteiger partial charge on any atom is -0.222 e. The molecule has 1 nitrogen and oxygen atoms in total. The fourth-order valence-electron chi connectivity index (χ4n) is 3.41. The summed E-state index contributed by atoms with van der Waals surface area (Å²) in [5.74, 6) is 4.33. The maximum Gasteiger partial charge on any atom is 0.322 e. The molecule has 0 aromatic heterocycles. The molecule has 3 aliphatic carbocycles. The molecule has 0 spiro atoms. The van der Waals surface area contributed by atoms with Crippen LogP contribution in [0.4, 0.5) is 0 Å². The van der Waals surface area contributed by atoms with Crippen LogP contribution in [0.25, 0.3) is 0 Å². The van der Waals surface area contributed by atoms with Gasteiger partial charge in [-0.05, 0) is 38.5 Å². The van der Waals surface area contributed by atoms with Gasteiger partial charge in [0, 0.05) is 6.08 Å². The average molecular weight is 203 g/mol. The molecule has 0 aromatic rings. The molecule has 0 N–H and O–H groups in total. The first-order chi connectivity index (χ1) is 7.09. The van der Waals surface area contributed by atoms with Crippen LogP contribution < -0.4 is 0 Å². The average Bonchev–Trinajstić information content (AvgIpc) is 2.55. The first-order valence-corrected chi connectivity index (χ1v) is 6.01. The molecule has 1 aliphatic heterocycles. The van der Waals surface area contributed by atoms with E-state index < -0.39 is 0 Å². The van der Waals surface area contributed by atoms with E-state index in [1.807, 2.05) is 0 Å². The van der Waals surface area contributed by atoms with Gasteiger partial charge >= 0.3 is 11.5 Å². The van der Waals surface area contributed by atoms with E-state index >= 15 is 0 Å². The summed E-state index contributed by atoms with van der Waals surface area (Å²) >= 11 is 0. The van der Waals surface area contributed by atoms with Crippen LogP contribution >= 0.6 is 0 Å². The smallest absolute Gasteiger partial charge is 0.222 e. The minimum absolute atomic E-state index is 0.209. The molecule has 4 aliphatic rings. The second-order valence-electron chi connectivity index (χ2n) is 5.72. The first kappa shape index (κ1) is 9.38. The largest absolute Gasteiger partial charge is 0.322 e. The van der Waals surface area contributed by atoms with E-state index in [0.717, 1.165) is 5.76 Å². The summed E-state index contributed by atoms with van der Waals surface area (Å²) in [7, 11) is 0. The van der Waals surface area contributed by atoms with Gasteiger partial charge in [-0.1, -0.05) is 12.2 Å². The Balaban J connectivity index is 2.13. The molecule has 4 rings (SSSR count). The third-order valence-electron chi connectivity index (χ3n) is 4.41. The first-order valence-electron chi connectivity index (χ1n) is 6.01. The molecule has 0 amide bonds. The lowest BCUT2D eigenvalue weighted by Crippen LogP contribution is -2.33. The van der Waals surface area contributed by atoms with Gasteiger partial charge in [0.2, 0.25) is 0 Å². The van der Waals surface area contributed by atoms with Gasteiger partial charge in [-0.3, -0.25) is 0 Å². The summed E-state index contributed by atoms with van der Waals surface area (Å²) in [5, 5.41) is 0. The van der Waals surface area contributed by atoms with E-state index in [9.17, 15) is 0 Å². The van der Waals surface area contributed by atoms with E-state index in [1.165, 1.54) is 18.6 Å². The van der Waals surface area contributed by atoms with Crippen molar-refractivity contribution in [1.82, 2.24) is 0 Å². The second kappa shape index (κ2) is 2.84. The summed E-state index contributed by atoms with van der Waals surface area (Å²) < 4.78 is 5.98. The second-order valence-corrected chi connectivity index (χ2v) is 5.72. The molecule has 1 heteroatoms. The molecule has 2 bridgehead atoms. The maximum absolute atomic E-state index is 5.98. The molecule has 0 saturated heterocycles. The maximum atomic E-state index is 5.98. The third-order valence-corrected chi connectivity index (χ3v) is 4.41. The van der Waals surface area contributed by atoms with Gasteiger partial charge in [0.1, 0.15) is 5.92 Å². The summed E-state index contributed by atoms with van der Waals surface area (Å²) in [4.78, 5) is 0. The van der Waals surface area contributed by atoms with Crippen molar-refractivity contribution in [2.24, 2.45) is 23.2 Å². The van der Waals surface area contributed by atoms with Crippen molar-refractivity contribution in [3.8, 4) is 0 Å². The molecular formula is C14H19O+. The minimum atomic E-state index is 0.209. The Morgan fingerprint density at radius 2 is 2.07 bits per heavy atom. The molecule has 1 heterocycles. The zero-order valence-corrected chi connectivity index (χ0v) is 9.79. The quantitative estimate of drug-likeness (QED) is 0.423. The number of rotatable bonds is 0. The number of allylic oxidation sites excluding steroid dienone is 4. The van der Waals surface area contributed by atoms with Crippen molar-refractivity contribution in [1.29, 1.82) is 0 Å². The van der Waals surface area contributed by atoms with Crippen LogP contribution in [0, 0.1) is 23.2 Å². The van der Waals surface area contributed by atoms with Crippen LogP contribution in [0.1, 0.15) is 33.6 Å². The fourth-order valence-corrected chi connectivity index (χ4v) is 3.41. The lowest BCUT2D eigenvalue weighted by atomic mass is 9.73. The van der Waals surface area contributed by atoms with Crippen molar-refractivity contribution in [3.63, 3.8) is 0 Å². The van der Waals surface area contributed by atoms with Gasteiger partial charge in [-0.15, -0.1) is 0 Å². The normalized spacial score (nSPS) is 40.9. The Hall–Kier alpha value is -0.850. The van der Waals surface area contributed by atoms with E-state index in [2.05, 4.69) is 39.0 Å². The molecular weight excluding hydrogens is 184 g/mol. The topological polar surface area (TPSA) is 11.3 Å². The van der Waals surface area contributed by atoms with Crippen molar-refractivity contribution in [3.05, 3.63) is 24.0 Å². The van der Waals surface area contributed by atoms with Crippen molar-refractivity contribution in [2.45, 2.75) is 33.6 Å². The number of carbonyl (C=O) groups excluding carboxylic acids is 1. The summed E-state index contributed by atoms with van der Waals surface area (Å²) in [6, 6.07) is 0. The van der Waals surface area contributed by atoms with E-state index in [4.69, 9.17) is 4.42 Å². The van der Waals surface area contributed by atoms with Crippen molar-refractivity contribution in [2.75, 3.05) is 0 Å². The highest BCUT2D eigenvalue weighted by atomic mass is 16.4. The lowest BCUT2D eigenvalue weighted by Gasteiger charge is -2.26. The number of ketones is 1. The lowest BCUT2D eigenvalue weighted by molar-refractivity contribution is -0.399. The monoisotopic (exact) mass is 203 g/mol. The fraction of sp³-hybridized carbons (Fsp3) is 0.643. The highest BCUT2D eigenvalue weighted by molar-refractivity contribution is 5.91. The molecule has 80 valence electrons. The Kier molecular flexibility index (Phi) is 1.78. The Bertz CT molecular complexity index is 384. The molecule has 0 aromatic carbocycles. The van der Waals surface area contributed by atoms with Crippen molar-refractivity contribution < 1.29 is 4.42 Å². The Morgan fingerprint density at radius 1 is 1.27 bits per heavy atom.